The van der Waals surface area contributed by atoms with Crippen molar-refractivity contribution in [2.45, 2.75) is 39.9 Å². The van der Waals surface area contributed by atoms with Gasteiger partial charge in [0.25, 0.3) is 5.91 Å². The number of aliphatic imine (C=N–C) groups is 1. The largest absolute Gasteiger partial charge is 0.465 e. The maximum Gasteiger partial charge on any atom is 0.328 e. The Labute approximate surface area is 175 Å². The lowest BCUT2D eigenvalue weighted by Crippen LogP contribution is -2.65. The van der Waals surface area contributed by atoms with Gasteiger partial charge in [-0.3, -0.25) is 19.4 Å². The Balaban J connectivity index is 1.67. The summed E-state index contributed by atoms with van der Waals surface area (Å²) < 4.78 is 4.92. The van der Waals surface area contributed by atoms with Gasteiger partial charge in [-0.05, 0) is 51.0 Å². The first kappa shape index (κ1) is 19.9. The van der Waals surface area contributed by atoms with Crippen molar-refractivity contribution in [3.8, 4) is 0 Å². The zero-order valence-electron chi connectivity index (χ0n) is 17.7. The van der Waals surface area contributed by atoms with Crippen LogP contribution in [0.4, 0.5) is 10.5 Å². The molecule has 4 rings (SSSR count). The predicted molar refractivity (Wildman–Crippen MR) is 111 cm³/mol. The quantitative estimate of drug-likeness (QED) is 0.703. The van der Waals surface area contributed by atoms with Gasteiger partial charge in [0.05, 0.1) is 6.61 Å². The van der Waals surface area contributed by atoms with Gasteiger partial charge >= 0.3 is 12.0 Å². The zero-order chi connectivity index (χ0) is 21.7. The molecule has 0 saturated carbocycles. The van der Waals surface area contributed by atoms with Crippen molar-refractivity contribution >= 4 is 29.6 Å². The number of urea groups is 1. The number of likely N-dealkylation sites (N-methyl/N-ethyl adjacent to an activating group) is 1. The molecular formula is C21H25N5O4. The number of hydrogen-bond donors (Lipinski definition) is 0. The fourth-order valence-corrected chi connectivity index (χ4v) is 4.02. The lowest BCUT2D eigenvalue weighted by molar-refractivity contribution is -0.150. The Morgan fingerprint density at radius 3 is 2.57 bits per heavy atom. The fraction of sp³-hybridized carbons (Fsp3) is 0.429. The molecule has 0 bridgehead atoms. The summed E-state index contributed by atoms with van der Waals surface area (Å²) in [6.07, 6.45) is 1.21. The molecule has 1 fully saturated rings. The Kier molecular flexibility index (Phi) is 4.76. The number of aryl methyl sites for hydroxylation is 2. The first-order valence-electron chi connectivity index (χ1n) is 9.90. The number of carbonyl (C=O) groups is 3. The summed E-state index contributed by atoms with van der Waals surface area (Å²) in [6.45, 7) is 7.50. The third-order valence-corrected chi connectivity index (χ3v) is 5.73. The van der Waals surface area contributed by atoms with Crippen LogP contribution in [0.5, 0.6) is 0 Å². The Morgan fingerprint density at radius 2 is 1.90 bits per heavy atom. The van der Waals surface area contributed by atoms with Crippen LogP contribution in [0.3, 0.4) is 0 Å². The van der Waals surface area contributed by atoms with E-state index in [4.69, 9.17) is 9.73 Å². The number of nitrogens with zero attached hydrogens (tertiary/aromatic N) is 5. The number of hydrogen-bond acceptors (Lipinski definition) is 7. The summed E-state index contributed by atoms with van der Waals surface area (Å²) in [5.41, 5.74) is 4.20. The highest BCUT2D eigenvalue weighted by molar-refractivity contribution is 6.10. The minimum absolute atomic E-state index is 0.184. The summed E-state index contributed by atoms with van der Waals surface area (Å²) in [4.78, 5) is 48.7. The zero-order valence-corrected chi connectivity index (χ0v) is 17.7. The van der Waals surface area contributed by atoms with Gasteiger partial charge in [0.2, 0.25) is 5.96 Å². The fourth-order valence-electron chi connectivity index (χ4n) is 4.02. The second-order valence-electron chi connectivity index (χ2n) is 7.69. The minimum Gasteiger partial charge on any atom is -0.465 e. The average molecular weight is 411 g/mol. The molecule has 0 radical (unpaired) electrons. The van der Waals surface area contributed by atoms with Gasteiger partial charge in [-0.2, -0.15) is 0 Å². The van der Waals surface area contributed by atoms with Crippen LogP contribution in [-0.4, -0.2) is 71.0 Å². The van der Waals surface area contributed by atoms with Crippen molar-refractivity contribution in [3.05, 3.63) is 41.2 Å². The maximum atomic E-state index is 13.2. The van der Waals surface area contributed by atoms with E-state index in [0.29, 0.717) is 5.96 Å². The average Bonchev–Trinajstić information content (AvgIpc) is 3.20. The molecule has 3 amide bonds. The molecule has 0 spiro atoms. The normalized spacial score (nSPS) is 22.8. The molecule has 3 aliphatic heterocycles. The van der Waals surface area contributed by atoms with E-state index in [1.807, 2.05) is 37.1 Å². The number of amides is 3. The van der Waals surface area contributed by atoms with E-state index in [2.05, 4.69) is 13.0 Å². The molecule has 0 aromatic heterocycles. The highest BCUT2D eigenvalue weighted by atomic mass is 16.5. The lowest BCUT2D eigenvalue weighted by atomic mass is 10.1. The third kappa shape index (κ3) is 2.92. The summed E-state index contributed by atoms with van der Waals surface area (Å²) in [5.74, 6) is -0.479. The summed E-state index contributed by atoms with van der Waals surface area (Å²) >= 11 is 0. The van der Waals surface area contributed by atoms with Crippen LogP contribution in [0.15, 0.2) is 35.1 Å². The number of allylic oxidation sites excluding steroid dienone is 1. The van der Waals surface area contributed by atoms with Gasteiger partial charge < -0.3 is 14.5 Å². The predicted octanol–water partition coefficient (Wildman–Crippen LogP) is 1.81. The van der Waals surface area contributed by atoms with E-state index in [0.717, 1.165) is 21.8 Å². The van der Waals surface area contributed by atoms with Gasteiger partial charge in [0, 0.05) is 24.6 Å². The molecule has 3 aliphatic rings. The van der Waals surface area contributed by atoms with Crippen LogP contribution < -0.4 is 4.90 Å². The van der Waals surface area contributed by atoms with Crippen LogP contribution in [0, 0.1) is 13.8 Å². The Bertz CT molecular complexity index is 1000. The van der Waals surface area contributed by atoms with Crippen molar-refractivity contribution in [2.24, 2.45) is 4.99 Å². The molecule has 2 unspecified atom stereocenters. The third-order valence-electron chi connectivity index (χ3n) is 5.73. The number of guanidine groups is 1. The Morgan fingerprint density at radius 1 is 1.17 bits per heavy atom. The summed E-state index contributed by atoms with van der Waals surface area (Å²) in [7, 11) is 1.59. The van der Waals surface area contributed by atoms with Gasteiger partial charge in [-0.15, -0.1) is 0 Å². The summed E-state index contributed by atoms with van der Waals surface area (Å²) in [5, 5.41) is 0. The first-order valence-corrected chi connectivity index (χ1v) is 9.90. The number of imide groups is 1. The van der Waals surface area contributed by atoms with Crippen molar-refractivity contribution < 1.29 is 19.1 Å². The van der Waals surface area contributed by atoms with Gasteiger partial charge in [0.15, 0.2) is 12.2 Å². The topological polar surface area (TPSA) is 85.8 Å². The molecule has 1 aromatic rings. The molecule has 2 atom stereocenters. The number of rotatable bonds is 4. The van der Waals surface area contributed by atoms with Crippen LogP contribution in [-0.2, 0) is 14.3 Å². The first-order chi connectivity index (χ1) is 14.2. The molecule has 1 aromatic carbocycles. The SMILES string of the molecule is CCOC(=O)CN1C(=O)C2C(N=C3N(c4ccc(C)c(C)c4)C(C)=CN32)N(C)C1=O. The van der Waals surface area contributed by atoms with Gasteiger partial charge in [-0.1, -0.05) is 6.07 Å². The molecular weight excluding hydrogens is 386 g/mol. The molecule has 1 saturated heterocycles. The van der Waals surface area contributed by atoms with Crippen molar-refractivity contribution in [1.82, 2.24) is 14.7 Å². The standard InChI is InChI=1S/C21H25N5O4/c1-6-30-16(27)11-25-19(28)17-18(23(5)21(25)29)22-20-24(17)10-14(4)26(20)15-8-7-12(2)13(3)9-15/h7-10,17-18H,6,11H2,1-5H3. The molecule has 9 nitrogen and oxygen atoms in total. The lowest BCUT2D eigenvalue weighted by Gasteiger charge is -2.39. The number of ether oxygens (including phenoxy) is 1. The molecule has 9 heteroatoms. The maximum absolute atomic E-state index is 13.2. The second kappa shape index (κ2) is 7.16. The van der Waals surface area contributed by atoms with Crippen molar-refractivity contribution in [1.29, 1.82) is 0 Å². The number of fused-ring (bicyclic) bond motifs is 3. The number of carbonyl (C=O) groups excluding carboxylic acids is 3. The van der Waals surface area contributed by atoms with Crippen molar-refractivity contribution in [2.75, 3.05) is 25.1 Å². The summed E-state index contributed by atoms with van der Waals surface area (Å²) in [6, 6.07) is 4.86. The molecule has 3 heterocycles. The van der Waals surface area contributed by atoms with E-state index < -0.39 is 36.7 Å². The van der Waals surface area contributed by atoms with Gasteiger partial charge in [-0.25, -0.2) is 9.79 Å². The molecule has 158 valence electrons. The monoisotopic (exact) mass is 411 g/mol. The van der Waals surface area contributed by atoms with Gasteiger partial charge in [0.1, 0.15) is 6.54 Å². The van der Waals surface area contributed by atoms with E-state index in [-0.39, 0.29) is 6.61 Å². The van der Waals surface area contributed by atoms with E-state index in [1.165, 1.54) is 10.5 Å². The second-order valence-corrected chi connectivity index (χ2v) is 7.69. The molecule has 0 N–H and O–H groups in total. The highest BCUT2D eigenvalue weighted by Crippen LogP contribution is 2.36. The van der Waals surface area contributed by atoms with Crippen LogP contribution >= 0.6 is 0 Å². The van der Waals surface area contributed by atoms with Crippen LogP contribution in [0.25, 0.3) is 0 Å². The van der Waals surface area contributed by atoms with Crippen molar-refractivity contribution in [3.63, 3.8) is 0 Å². The number of benzene rings is 1. The molecule has 0 aliphatic carbocycles. The smallest absolute Gasteiger partial charge is 0.328 e. The number of esters is 1. The van der Waals surface area contributed by atoms with E-state index in [9.17, 15) is 14.4 Å². The number of anilines is 1. The highest BCUT2D eigenvalue weighted by Gasteiger charge is 2.54. The van der Waals surface area contributed by atoms with Crippen LogP contribution in [0.1, 0.15) is 25.0 Å². The molecule has 30 heavy (non-hydrogen) atoms. The van der Waals surface area contributed by atoms with Crippen LogP contribution in [0.2, 0.25) is 0 Å². The Hall–Kier alpha value is -3.36. The van der Waals surface area contributed by atoms with E-state index >= 15 is 0 Å². The minimum atomic E-state index is -0.719. The van der Waals surface area contributed by atoms with E-state index in [1.54, 1.807) is 18.9 Å².